The van der Waals surface area contributed by atoms with Crippen LogP contribution in [0.3, 0.4) is 0 Å². The van der Waals surface area contributed by atoms with Gasteiger partial charge >= 0.3 is 5.97 Å². The van der Waals surface area contributed by atoms with Gasteiger partial charge in [-0.05, 0) is 55.5 Å². The number of esters is 1. The van der Waals surface area contributed by atoms with Crippen LogP contribution in [0.2, 0.25) is 0 Å². The van der Waals surface area contributed by atoms with Crippen LogP contribution in [-0.4, -0.2) is 33.2 Å². The lowest BCUT2D eigenvalue weighted by Crippen LogP contribution is -2.12. The van der Waals surface area contributed by atoms with E-state index in [4.69, 9.17) is 10.00 Å². The Morgan fingerprint density at radius 1 is 1.06 bits per heavy atom. The summed E-state index contributed by atoms with van der Waals surface area (Å²) in [7, 11) is 0. The van der Waals surface area contributed by atoms with E-state index in [9.17, 15) is 9.59 Å². The molecule has 0 saturated heterocycles. The topological polar surface area (TPSA) is 110 Å². The number of pyridine rings is 1. The lowest BCUT2D eigenvalue weighted by molar-refractivity contribution is 0.0519. The van der Waals surface area contributed by atoms with Crippen LogP contribution >= 0.6 is 0 Å². The molecule has 0 aliphatic heterocycles. The van der Waals surface area contributed by atoms with E-state index in [2.05, 4.69) is 15.4 Å². The molecule has 0 bridgehead atoms. The van der Waals surface area contributed by atoms with Crippen molar-refractivity contribution >= 4 is 17.6 Å². The minimum atomic E-state index is -0.532. The molecule has 0 unspecified atom stereocenters. The van der Waals surface area contributed by atoms with Gasteiger partial charge in [0, 0.05) is 23.0 Å². The summed E-state index contributed by atoms with van der Waals surface area (Å²) >= 11 is 0. The number of nitrogens with one attached hydrogen (secondary N) is 1. The molecule has 2 aromatic heterocycles. The second-order valence-corrected chi connectivity index (χ2v) is 6.96. The molecule has 1 amide bonds. The zero-order chi connectivity index (χ0) is 23.2. The van der Waals surface area contributed by atoms with Crippen molar-refractivity contribution < 1.29 is 14.3 Å². The molecule has 0 radical (unpaired) electrons. The number of aromatic nitrogens is 3. The number of anilines is 1. The van der Waals surface area contributed by atoms with Crippen molar-refractivity contribution in [3.8, 4) is 23.1 Å². The van der Waals surface area contributed by atoms with Gasteiger partial charge in [-0.1, -0.05) is 24.3 Å². The Labute approximate surface area is 190 Å². The highest BCUT2D eigenvalue weighted by atomic mass is 16.5. The summed E-state index contributed by atoms with van der Waals surface area (Å²) < 4.78 is 6.66. The maximum absolute atomic E-state index is 12.7. The van der Waals surface area contributed by atoms with Crippen molar-refractivity contribution in [3.05, 3.63) is 95.8 Å². The summed E-state index contributed by atoms with van der Waals surface area (Å²) in [6.07, 6.45) is 1.64. The first-order valence-electron chi connectivity index (χ1n) is 10.2. The van der Waals surface area contributed by atoms with E-state index < -0.39 is 5.97 Å². The smallest absolute Gasteiger partial charge is 0.358 e. The molecule has 8 heteroatoms. The molecule has 4 rings (SSSR count). The van der Waals surface area contributed by atoms with Crippen LogP contribution in [0.4, 0.5) is 5.69 Å². The van der Waals surface area contributed by atoms with Gasteiger partial charge in [-0.3, -0.25) is 4.79 Å². The molecular weight excluding hydrogens is 418 g/mol. The van der Waals surface area contributed by atoms with Crippen molar-refractivity contribution in [1.82, 2.24) is 14.8 Å². The lowest BCUT2D eigenvalue weighted by Gasteiger charge is -2.09. The Morgan fingerprint density at radius 2 is 1.91 bits per heavy atom. The van der Waals surface area contributed by atoms with Gasteiger partial charge in [0.05, 0.1) is 23.9 Å². The van der Waals surface area contributed by atoms with Crippen molar-refractivity contribution in [2.45, 2.75) is 6.92 Å². The maximum atomic E-state index is 12.7. The fraction of sp³-hybridized carbons (Fsp3) is 0.0800. The fourth-order valence-corrected chi connectivity index (χ4v) is 3.23. The molecule has 0 saturated carbocycles. The Morgan fingerprint density at radius 3 is 2.67 bits per heavy atom. The first-order chi connectivity index (χ1) is 16.1. The zero-order valence-electron chi connectivity index (χ0n) is 17.7. The average molecular weight is 437 g/mol. The third-order valence-electron chi connectivity index (χ3n) is 4.73. The van der Waals surface area contributed by atoms with Gasteiger partial charge in [0.1, 0.15) is 0 Å². The molecule has 162 valence electrons. The normalized spacial score (nSPS) is 10.3. The number of benzene rings is 2. The van der Waals surface area contributed by atoms with Crippen LogP contribution in [0, 0.1) is 11.3 Å². The summed E-state index contributed by atoms with van der Waals surface area (Å²) in [5.74, 6) is -0.337. The average Bonchev–Trinajstić information content (AvgIpc) is 3.31. The molecule has 0 spiro atoms. The van der Waals surface area contributed by atoms with Gasteiger partial charge < -0.3 is 10.1 Å². The van der Waals surface area contributed by atoms with Crippen LogP contribution in [-0.2, 0) is 4.74 Å². The summed E-state index contributed by atoms with van der Waals surface area (Å²) in [6.45, 7) is 1.96. The third-order valence-corrected chi connectivity index (χ3v) is 4.73. The SMILES string of the molecule is CCOC(=O)c1cc(-c2cccc(NC(=O)c3cccc(C#N)c3)c2)n(-c2ccccn2)n1. The van der Waals surface area contributed by atoms with Crippen molar-refractivity contribution in [1.29, 1.82) is 5.26 Å². The number of carbonyl (C=O) groups excluding carboxylic acids is 2. The summed E-state index contributed by atoms with van der Waals surface area (Å²) in [4.78, 5) is 29.3. The van der Waals surface area contributed by atoms with Crippen molar-refractivity contribution in [3.63, 3.8) is 0 Å². The molecule has 2 heterocycles. The van der Waals surface area contributed by atoms with Crippen molar-refractivity contribution in [2.75, 3.05) is 11.9 Å². The van der Waals surface area contributed by atoms with Gasteiger partial charge in [0.2, 0.25) is 0 Å². The fourth-order valence-electron chi connectivity index (χ4n) is 3.23. The van der Waals surface area contributed by atoms with Crippen LogP contribution in [0.5, 0.6) is 0 Å². The van der Waals surface area contributed by atoms with E-state index >= 15 is 0 Å². The third kappa shape index (κ3) is 4.78. The van der Waals surface area contributed by atoms with E-state index in [1.165, 1.54) is 6.07 Å². The Hall–Kier alpha value is -4.77. The highest BCUT2D eigenvalue weighted by Gasteiger charge is 2.18. The number of carbonyl (C=O) groups is 2. The van der Waals surface area contributed by atoms with Crippen LogP contribution in [0.25, 0.3) is 17.1 Å². The molecule has 4 aromatic rings. The molecule has 2 aromatic carbocycles. The molecule has 0 aliphatic carbocycles. The minimum Gasteiger partial charge on any atom is -0.461 e. The van der Waals surface area contributed by atoms with Gasteiger partial charge in [0.15, 0.2) is 11.5 Å². The van der Waals surface area contributed by atoms with E-state index in [1.54, 1.807) is 72.4 Å². The van der Waals surface area contributed by atoms with E-state index in [-0.39, 0.29) is 18.2 Å². The molecule has 0 atom stereocenters. The van der Waals surface area contributed by atoms with Crippen molar-refractivity contribution in [2.24, 2.45) is 0 Å². The zero-order valence-corrected chi connectivity index (χ0v) is 17.7. The lowest BCUT2D eigenvalue weighted by atomic mass is 10.1. The number of hydrogen-bond acceptors (Lipinski definition) is 6. The predicted molar refractivity (Wildman–Crippen MR) is 122 cm³/mol. The minimum absolute atomic E-state index is 0.153. The molecule has 8 nitrogen and oxygen atoms in total. The monoisotopic (exact) mass is 437 g/mol. The first-order valence-corrected chi connectivity index (χ1v) is 10.2. The van der Waals surface area contributed by atoms with E-state index in [0.717, 1.165) is 0 Å². The Bertz CT molecular complexity index is 1360. The number of nitriles is 1. The van der Waals surface area contributed by atoms with Crippen LogP contribution in [0.15, 0.2) is 79.0 Å². The molecule has 0 fully saturated rings. The van der Waals surface area contributed by atoms with Gasteiger partial charge in [0.25, 0.3) is 5.91 Å². The summed E-state index contributed by atoms with van der Waals surface area (Å²) in [6, 6.07) is 22.7. The second-order valence-electron chi connectivity index (χ2n) is 6.96. The predicted octanol–water partition coefficient (Wildman–Crippen LogP) is 4.23. The quantitative estimate of drug-likeness (QED) is 0.452. The Balaban J connectivity index is 1.69. The van der Waals surface area contributed by atoms with Gasteiger partial charge in [-0.2, -0.15) is 10.4 Å². The van der Waals surface area contributed by atoms with Gasteiger partial charge in [-0.15, -0.1) is 0 Å². The second kappa shape index (κ2) is 9.58. The maximum Gasteiger partial charge on any atom is 0.358 e. The molecule has 33 heavy (non-hydrogen) atoms. The summed E-state index contributed by atoms with van der Waals surface area (Å²) in [5, 5.41) is 16.3. The molecule has 1 N–H and O–H groups in total. The highest BCUT2D eigenvalue weighted by Crippen LogP contribution is 2.26. The first kappa shape index (κ1) is 21.5. The van der Waals surface area contributed by atoms with Crippen LogP contribution in [0.1, 0.15) is 33.3 Å². The van der Waals surface area contributed by atoms with E-state index in [1.807, 2.05) is 18.2 Å². The number of ether oxygens (including phenoxy) is 1. The number of amides is 1. The standard InChI is InChI=1S/C25H19N5O3/c1-2-33-25(32)21-15-22(30(29-21)23-11-3-4-12-27-23)18-8-6-10-20(14-18)28-24(31)19-9-5-7-17(13-19)16-26/h3-15H,2H2,1H3,(H,28,31). The highest BCUT2D eigenvalue weighted by molar-refractivity contribution is 6.04. The number of rotatable bonds is 6. The van der Waals surface area contributed by atoms with E-state index in [0.29, 0.717) is 33.9 Å². The Kier molecular flexibility index (Phi) is 6.23. The van der Waals surface area contributed by atoms with Gasteiger partial charge in [-0.25, -0.2) is 14.5 Å². The molecular formula is C25H19N5O3. The largest absolute Gasteiger partial charge is 0.461 e. The van der Waals surface area contributed by atoms with Crippen LogP contribution < -0.4 is 5.32 Å². The summed E-state index contributed by atoms with van der Waals surface area (Å²) in [5.41, 5.74) is 2.81. The molecule has 0 aliphatic rings. The number of nitrogens with zero attached hydrogens (tertiary/aromatic N) is 4. The number of hydrogen-bond donors (Lipinski definition) is 1.